The first-order chi connectivity index (χ1) is 25.3. The first kappa shape index (κ1) is 39.2. The molecule has 0 bridgehead atoms. The second-order valence-electron chi connectivity index (χ2n) is 15.2. The van der Waals surface area contributed by atoms with Crippen LogP contribution in [0.1, 0.15) is 84.3 Å². The van der Waals surface area contributed by atoms with Crippen molar-refractivity contribution in [3.05, 3.63) is 41.9 Å². The molecule has 4 aliphatic rings. The lowest BCUT2D eigenvalue weighted by Gasteiger charge is -2.30. The van der Waals surface area contributed by atoms with Gasteiger partial charge in [0.05, 0.1) is 17.3 Å². The zero-order chi connectivity index (χ0) is 39.2. The zero-order valence-electron chi connectivity index (χ0n) is 29.9. The minimum absolute atomic E-state index is 0.0534. The third kappa shape index (κ3) is 8.70. The molecule has 19 heteroatoms. The van der Waals surface area contributed by atoms with Crippen LogP contribution in [0.5, 0.6) is 5.88 Å². The summed E-state index contributed by atoms with van der Waals surface area (Å²) < 4.78 is 96.0. The van der Waals surface area contributed by atoms with E-state index >= 15 is 0 Å². The number of nitrogens with zero attached hydrogens (tertiary/aromatic N) is 3. The average molecular weight is 783 g/mol. The van der Waals surface area contributed by atoms with Crippen molar-refractivity contribution in [1.29, 1.82) is 0 Å². The average Bonchev–Trinajstić information content (AvgIpc) is 3.99. The highest BCUT2D eigenvalue weighted by Crippen LogP contribution is 2.46. The van der Waals surface area contributed by atoms with Crippen LogP contribution in [-0.4, -0.2) is 88.2 Å². The molecule has 0 radical (unpaired) electrons. The van der Waals surface area contributed by atoms with E-state index < -0.39 is 116 Å². The van der Waals surface area contributed by atoms with Crippen LogP contribution < -0.4 is 20.1 Å². The minimum atomic E-state index is -5.09. The lowest BCUT2D eigenvalue weighted by molar-refractivity contribution is -0.143. The van der Waals surface area contributed by atoms with Crippen LogP contribution in [0.2, 0.25) is 0 Å². The summed E-state index contributed by atoms with van der Waals surface area (Å²) in [5.74, 6) is -5.23. The number of alkyl carbamates (subject to hydrolysis) is 1. The van der Waals surface area contributed by atoms with Crippen LogP contribution in [0.3, 0.4) is 0 Å². The van der Waals surface area contributed by atoms with Gasteiger partial charge in [0.1, 0.15) is 34.8 Å². The lowest BCUT2D eigenvalue weighted by Crippen LogP contribution is -2.58. The summed E-state index contributed by atoms with van der Waals surface area (Å²) >= 11 is 0. The molecule has 2 aromatic rings. The Bertz CT molecular complexity index is 1970. The number of nitrogens with one attached hydrogen (secondary N) is 3. The number of hydrogen-bond donors (Lipinski definition) is 3. The number of rotatable bonds is 6. The molecule has 6 rings (SSSR count). The SMILES string of the molecule is CC(C)(C)OC(=O)NC1CCCCCC=CC2CC2(C(=O)NS(=O)(=O)C2CC2)NC(=O)C2CC(Oc3nc4c(F)cccc4nc3C(F)(F)F)CN2C1=O. The molecule has 0 spiro atoms. The maximum absolute atomic E-state index is 14.6. The van der Waals surface area contributed by atoms with E-state index in [1.807, 2.05) is 6.08 Å². The molecule has 1 saturated heterocycles. The van der Waals surface area contributed by atoms with Crippen LogP contribution in [0.25, 0.3) is 11.0 Å². The summed E-state index contributed by atoms with van der Waals surface area (Å²) in [5.41, 5.74) is -5.04. The molecule has 5 atom stereocenters. The van der Waals surface area contributed by atoms with Crippen molar-refractivity contribution in [1.82, 2.24) is 30.2 Å². The van der Waals surface area contributed by atoms with Gasteiger partial charge < -0.3 is 25.0 Å². The number of fused-ring (bicyclic) bond motifs is 3. The summed E-state index contributed by atoms with van der Waals surface area (Å²) in [6.45, 7) is 4.41. The second kappa shape index (κ2) is 14.6. The molecule has 2 saturated carbocycles. The monoisotopic (exact) mass is 782 g/mol. The topological polar surface area (TPSA) is 186 Å². The van der Waals surface area contributed by atoms with Gasteiger partial charge in [-0.05, 0) is 71.4 Å². The molecule has 5 unspecified atom stereocenters. The third-order valence-electron chi connectivity index (χ3n) is 9.69. The highest BCUT2D eigenvalue weighted by Gasteiger charge is 2.62. The molecule has 3 N–H and O–H groups in total. The summed E-state index contributed by atoms with van der Waals surface area (Å²) in [6.07, 6.45) is -0.871. The van der Waals surface area contributed by atoms with Gasteiger partial charge in [-0.1, -0.05) is 31.1 Å². The molecule has 3 heterocycles. The van der Waals surface area contributed by atoms with Crippen molar-refractivity contribution >= 4 is 44.9 Å². The van der Waals surface area contributed by atoms with Crippen LogP contribution >= 0.6 is 0 Å². The second-order valence-corrected chi connectivity index (χ2v) is 17.1. The fourth-order valence-electron chi connectivity index (χ4n) is 6.75. The van der Waals surface area contributed by atoms with Gasteiger partial charge in [0.25, 0.3) is 5.91 Å². The van der Waals surface area contributed by atoms with E-state index in [1.54, 1.807) is 26.8 Å². The Balaban J connectivity index is 1.34. The lowest BCUT2D eigenvalue weighted by atomic mass is 10.0. The van der Waals surface area contributed by atoms with Crippen molar-refractivity contribution in [3.63, 3.8) is 0 Å². The van der Waals surface area contributed by atoms with Crippen LogP contribution in [0.15, 0.2) is 30.4 Å². The Morgan fingerprint density at radius 2 is 1.80 bits per heavy atom. The predicted octanol–water partition coefficient (Wildman–Crippen LogP) is 4.03. The predicted molar refractivity (Wildman–Crippen MR) is 183 cm³/mol. The normalized spacial score (nSPS) is 26.8. The largest absolute Gasteiger partial charge is 0.471 e. The molecule has 1 aromatic heterocycles. The van der Waals surface area contributed by atoms with E-state index in [1.165, 1.54) is 6.07 Å². The summed E-state index contributed by atoms with van der Waals surface area (Å²) in [5, 5.41) is 4.50. The highest BCUT2D eigenvalue weighted by atomic mass is 32.2. The first-order valence-electron chi connectivity index (χ1n) is 17.8. The summed E-state index contributed by atoms with van der Waals surface area (Å²) in [7, 11) is -4.01. The zero-order valence-corrected chi connectivity index (χ0v) is 30.7. The van der Waals surface area contributed by atoms with Crippen molar-refractivity contribution in [2.45, 2.75) is 119 Å². The number of alkyl halides is 3. The Morgan fingerprint density at radius 1 is 1.06 bits per heavy atom. The Hall–Kier alpha value is -4.55. The molecule has 3 fully saturated rings. The van der Waals surface area contributed by atoms with Gasteiger partial charge >= 0.3 is 12.3 Å². The van der Waals surface area contributed by atoms with E-state index in [4.69, 9.17) is 9.47 Å². The molecule has 294 valence electrons. The molecule has 1 aromatic carbocycles. The molecule has 2 aliphatic heterocycles. The van der Waals surface area contributed by atoms with Crippen molar-refractivity contribution < 1.29 is 54.6 Å². The number of halogens is 4. The molecule has 54 heavy (non-hydrogen) atoms. The number of amides is 4. The molecular weight excluding hydrogens is 740 g/mol. The molecule has 2 aliphatic carbocycles. The van der Waals surface area contributed by atoms with Gasteiger partial charge in [0.2, 0.25) is 33.4 Å². The number of carbonyl (C=O) groups is 4. The van der Waals surface area contributed by atoms with E-state index in [0.717, 1.165) is 17.0 Å². The fourth-order valence-corrected chi connectivity index (χ4v) is 8.11. The van der Waals surface area contributed by atoms with Crippen LogP contribution in [0.4, 0.5) is 22.4 Å². The quantitative estimate of drug-likeness (QED) is 0.286. The molecular formula is C35H42F4N6O8S. The van der Waals surface area contributed by atoms with Crippen molar-refractivity contribution in [2.24, 2.45) is 5.92 Å². The van der Waals surface area contributed by atoms with Crippen LogP contribution in [0, 0.1) is 11.7 Å². The number of aromatic nitrogens is 2. The third-order valence-corrected chi connectivity index (χ3v) is 11.5. The van der Waals surface area contributed by atoms with Gasteiger partial charge in [-0.3, -0.25) is 19.1 Å². The fraction of sp³-hybridized carbons (Fsp3) is 0.600. The van der Waals surface area contributed by atoms with Gasteiger partial charge in [-0.25, -0.2) is 27.6 Å². The molecule has 4 amide bonds. The first-order valence-corrected chi connectivity index (χ1v) is 19.4. The van der Waals surface area contributed by atoms with E-state index in [-0.39, 0.29) is 18.4 Å². The van der Waals surface area contributed by atoms with Gasteiger partial charge in [-0.2, -0.15) is 13.2 Å². The maximum atomic E-state index is 14.6. The summed E-state index contributed by atoms with van der Waals surface area (Å²) in [6, 6.07) is 0.619. The minimum Gasteiger partial charge on any atom is -0.471 e. The molecule has 14 nitrogen and oxygen atoms in total. The van der Waals surface area contributed by atoms with Gasteiger partial charge in [0.15, 0.2) is 5.82 Å². The van der Waals surface area contributed by atoms with E-state index in [9.17, 15) is 45.2 Å². The Kier molecular flexibility index (Phi) is 10.6. The number of hydrogen-bond acceptors (Lipinski definition) is 10. The number of sulfonamides is 1. The van der Waals surface area contributed by atoms with E-state index in [0.29, 0.717) is 38.5 Å². The number of allylic oxidation sites excluding steroid dienone is 1. The number of carbonyl (C=O) groups excluding carboxylic acids is 4. The van der Waals surface area contributed by atoms with Crippen molar-refractivity contribution in [2.75, 3.05) is 6.54 Å². The number of para-hydroxylation sites is 1. The summed E-state index contributed by atoms with van der Waals surface area (Å²) in [4.78, 5) is 63.4. The number of ether oxygens (including phenoxy) is 2. The highest BCUT2D eigenvalue weighted by molar-refractivity contribution is 7.91. The van der Waals surface area contributed by atoms with Crippen molar-refractivity contribution in [3.8, 4) is 5.88 Å². The number of benzene rings is 1. The van der Waals surface area contributed by atoms with Crippen LogP contribution in [-0.2, 0) is 35.3 Å². The Labute approximate surface area is 308 Å². The Morgan fingerprint density at radius 3 is 2.48 bits per heavy atom. The maximum Gasteiger partial charge on any atom is 0.438 e. The smallest absolute Gasteiger partial charge is 0.438 e. The van der Waals surface area contributed by atoms with Gasteiger partial charge in [0, 0.05) is 12.3 Å². The van der Waals surface area contributed by atoms with E-state index in [2.05, 4.69) is 25.3 Å². The standard InChI is InChI=1S/C35H42F4N6O8S/c1-33(2,3)53-32(49)41-24-12-8-6-4-5-7-10-19-17-34(19,31(48)44-54(50,51)21-14-15-21)43-28(46)25-16-20(18-45(25)30(24)47)52-29-27(35(37,38)39)40-23-13-9-11-22(36)26(23)42-29/h7,9-11,13,19-21,24-25H,4-6,8,12,14-18H2,1-3H3,(H,41,49)(H,43,46)(H,44,48). The van der Waals surface area contributed by atoms with Gasteiger partial charge in [-0.15, -0.1) is 0 Å².